The van der Waals surface area contributed by atoms with E-state index in [-0.39, 0.29) is 5.91 Å². The predicted molar refractivity (Wildman–Crippen MR) is 91.0 cm³/mol. The van der Waals surface area contributed by atoms with Crippen LogP contribution in [0.1, 0.15) is 16.1 Å². The molecule has 0 bridgehead atoms. The molecule has 0 spiro atoms. The molecule has 7 heteroatoms. The van der Waals surface area contributed by atoms with Crippen LogP contribution in [-0.4, -0.2) is 49.3 Å². The molecule has 0 unspecified atom stereocenters. The second-order valence-electron chi connectivity index (χ2n) is 5.46. The topological polar surface area (TPSA) is 85.2 Å². The molecular formula is C17H18N6O. The van der Waals surface area contributed by atoms with E-state index in [9.17, 15) is 10.1 Å². The van der Waals surface area contributed by atoms with Crippen LogP contribution in [0.3, 0.4) is 0 Å². The van der Waals surface area contributed by atoms with Crippen LogP contribution in [0.5, 0.6) is 0 Å². The summed E-state index contributed by atoms with van der Waals surface area (Å²) >= 11 is 0. The number of nitrogens with one attached hydrogen (secondary N) is 1. The molecule has 1 saturated heterocycles. The van der Waals surface area contributed by atoms with Crippen molar-refractivity contribution in [1.29, 1.82) is 5.26 Å². The van der Waals surface area contributed by atoms with Gasteiger partial charge in [-0.15, -0.1) is 10.2 Å². The third kappa shape index (κ3) is 3.13. The van der Waals surface area contributed by atoms with Crippen molar-refractivity contribution in [2.24, 2.45) is 0 Å². The van der Waals surface area contributed by atoms with Crippen molar-refractivity contribution >= 4 is 17.4 Å². The fourth-order valence-electron chi connectivity index (χ4n) is 2.76. The number of nitrogens with zero attached hydrogens (tertiary/aromatic N) is 5. The zero-order valence-electron chi connectivity index (χ0n) is 13.4. The summed E-state index contributed by atoms with van der Waals surface area (Å²) in [6.07, 6.45) is 0. The maximum absolute atomic E-state index is 11.5. The molecule has 1 fully saturated rings. The number of benzene rings is 1. The summed E-state index contributed by atoms with van der Waals surface area (Å²) in [7, 11) is 1.57. The Morgan fingerprint density at radius 1 is 1.08 bits per heavy atom. The van der Waals surface area contributed by atoms with Gasteiger partial charge >= 0.3 is 0 Å². The van der Waals surface area contributed by atoms with E-state index >= 15 is 0 Å². The molecule has 122 valence electrons. The summed E-state index contributed by atoms with van der Waals surface area (Å²) in [5.74, 6) is 0.517. The van der Waals surface area contributed by atoms with Gasteiger partial charge in [0, 0.05) is 33.2 Å². The lowest BCUT2D eigenvalue weighted by atomic mass is 10.1. The van der Waals surface area contributed by atoms with E-state index in [4.69, 9.17) is 0 Å². The molecular weight excluding hydrogens is 304 g/mol. The Bertz CT molecular complexity index is 759. The minimum absolute atomic E-state index is 0.244. The molecule has 0 saturated carbocycles. The van der Waals surface area contributed by atoms with Crippen molar-refractivity contribution in [2.75, 3.05) is 43.0 Å². The van der Waals surface area contributed by atoms with Crippen molar-refractivity contribution in [3.63, 3.8) is 0 Å². The van der Waals surface area contributed by atoms with Crippen LogP contribution in [0.4, 0.5) is 11.5 Å². The summed E-state index contributed by atoms with van der Waals surface area (Å²) < 4.78 is 0. The van der Waals surface area contributed by atoms with Crippen LogP contribution in [-0.2, 0) is 0 Å². The Morgan fingerprint density at radius 3 is 2.42 bits per heavy atom. The molecule has 0 atom stereocenters. The highest BCUT2D eigenvalue weighted by atomic mass is 16.1. The Balaban J connectivity index is 1.67. The van der Waals surface area contributed by atoms with Crippen LogP contribution >= 0.6 is 0 Å². The molecule has 3 rings (SSSR count). The Morgan fingerprint density at radius 2 is 1.79 bits per heavy atom. The van der Waals surface area contributed by atoms with E-state index in [2.05, 4.69) is 31.4 Å². The quantitative estimate of drug-likeness (QED) is 0.908. The summed E-state index contributed by atoms with van der Waals surface area (Å²) in [5, 5.41) is 19.9. The van der Waals surface area contributed by atoms with Gasteiger partial charge in [0.15, 0.2) is 11.5 Å². The standard InChI is InChI=1S/C17H18N6O/c1-19-17(24)14-6-7-16(21-20-14)23-10-8-22(9-11-23)15-5-3-2-4-13(15)12-18/h2-7H,8-11H2,1H3,(H,19,24). The van der Waals surface area contributed by atoms with E-state index in [0.717, 1.165) is 37.7 Å². The normalized spacial score (nSPS) is 14.2. The molecule has 2 aromatic rings. The van der Waals surface area contributed by atoms with Crippen molar-refractivity contribution in [3.05, 3.63) is 47.7 Å². The first kappa shape index (κ1) is 15.7. The zero-order chi connectivity index (χ0) is 16.9. The molecule has 0 aliphatic carbocycles. The Hall–Kier alpha value is -3.14. The number of rotatable bonds is 3. The van der Waals surface area contributed by atoms with Gasteiger partial charge in [0.1, 0.15) is 6.07 Å². The lowest BCUT2D eigenvalue weighted by molar-refractivity contribution is 0.0957. The lowest BCUT2D eigenvalue weighted by Crippen LogP contribution is -2.47. The van der Waals surface area contributed by atoms with Crippen LogP contribution in [0, 0.1) is 11.3 Å². The van der Waals surface area contributed by atoms with Crippen molar-refractivity contribution in [1.82, 2.24) is 15.5 Å². The summed E-state index contributed by atoms with van der Waals surface area (Å²) in [5.41, 5.74) is 1.98. The molecule has 1 N–H and O–H groups in total. The number of para-hydroxylation sites is 1. The molecule has 7 nitrogen and oxygen atoms in total. The van der Waals surface area contributed by atoms with Gasteiger partial charge in [-0.1, -0.05) is 12.1 Å². The molecule has 1 aliphatic rings. The molecule has 2 heterocycles. The highest BCUT2D eigenvalue weighted by Crippen LogP contribution is 2.22. The monoisotopic (exact) mass is 322 g/mol. The van der Waals surface area contributed by atoms with E-state index < -0.39 is 0 Å². The van der Waals surface area contributed by atoms with E-state index in [1.807, 2.05) is 30.3 Å². The number of hydrogen-bond acceptors (Lipinski definition) is 6. The van der Waals surface area contributed by atoms with Crippen LogP contribution in [0.25, 0.3) is 0 Å². The maximum Gasteiger partial charge on any atom is 0.271 e. The maximum atomic E-state index is 11.5. The Labute approximate surface area is 140 Å². The van der Waals surface area contributed by atoms with Crippen LogP contribution in [0.15, 0.2) is 36.4 Å². The highest BCUT2D eigenvalue weighted by molar-refractivity contribution is 5.91. The molecule has 1 aromatic carbocycles. The molecule has 1 amide bonds. The van der Waals surface area contributed by atoms with E-state index in [0.29, 0.717) is 11.3 Å². The van der Waals surface area contributed by atoms with Gasteiger partial charge in [0.05, 0.1) is 11.3 Å². The van der Waals surface area contributed by atoms with Gasteiger partial charge in [0.25, 0.3) is 5.91 Å². The fourth-order valence-corrected chi connectivity index (χ4v) is 2.76. The summed E-state index contributed by atoms with van der Waals surface area (Å²) in [6.45, 7) is 3.18. The molecule has 24 heavy (non-hydrogen) atoms. The number of piperazine rings is 1. The van der Waals surface area contributed by atoms with E-state index in [1.54, 1.807) is 13.1 Å². The van der Waals surface area contributed by atoms with Gasteiger partial charge in [-0.2, -0.15) is 5.26 Å². The zero-order valence-corrected chi connectivity index (χ0v) is 13.4. The fraction of sp³-hybridized carbons (Fsp3) is 0.294. The first-order chi connectivity index (χ1) is 11.7. The number of hydrogen-bond donors (Lipinski definition) is 1. The highest BCUT2D eigenvalue weighted by Gasteiger charge is 2.20. The smallest absolute Gasteiger partial charge is 0.271 e. The van der Waals surface area contributed by atoms with E-state index in [1.165, 1.54) is 0 Å². The number of amides is 1. The number of carbonyl (C=O) groups excluding carboxylic acids is 1. The van der Waals surface area contributed by atoms with Crippen LogP contribution < -0.4 is 15.1 Å². The number of nitriles is 1. The van der Waals surface area contributed by atoms with Gasteiger partial charge < -0.3 is 15.1 Å². The molecule has 1 aliphatic heterocycles. The van der Waals surface area contributed by atoms with Crippen molar-refractivity contribution in [2.45, 2.75) is 0 Å². The number of carbonyl (C=O) groups is 1. The summed E-state index contributed by atoms with van der Waals surface area (Å²) in [6, 6.07) is 13.4. The largest absolute Gasteiger partial charge is 0.367 e. The van der Waals surface area contributed by atoms with Crippen molar-refractivity contribution in [3.8, 4) is 6.07 Å². The number of anilines is 2. The van der Waals surface area contributed by atoms with Crippen LogP contribution in [0.2, 0.25) is 0 Å². The third-order valence-electron chi connectivity index (χ3n) is 4.08. The molecule has 1 aromatic heterocycles. The second kappa shape index (κ2) is 6.96. The van der Waals surface area contributed by atoms with Gasteiger partial charge in [-0.25, -0.2) is 0 Å². The Kier molecular flexibility index (Phi) is 4.57. The van der Waals surface area contributed by atoms with Gasteiger partial charge in [-0.3, -0.25) is 4.79 Å². The van der Waals surface area contributed by atoms with Gasteiger partial charge in [-0.05, 0) is 24.3 Å². The SMILES string of the molecule is CNC(=O)c1ccc(N2CCN(c3ccccc3C#N)CC2)nn1. The minimum Gasteiger partial charge on any atom is -0.367 e. The average molecular weight is 322 g/mol. The average Bonchev–Trinajstić information content (AvgIpc) is 2.67. The molecule has 0 radical (unpaired) electrons. The first-order valence-corrected chi connectivity index (χ1v) is 7.78. The third-order valence-corrected chi connectivity index (χ3v) is 4.08. The number of aromatic nitrogens is 2. The van der Waals surface area contributed by atoms with Gasteiger partial charge in [0.2, 0.25) is 0 Å². The van der Waals surface area contributed by atoms with Crippen molar-refractivity contribution < 1.29 is 4.79 Å². The predicted octanol–water partition coefficient (Wildman–Crippen LogP) is 1.03. The second-order valence-corrected chi connectivity index (χ2v) is 5.46. The lowest BCUT2D eigenvalue weighted by Gasteiger charge is -2.36. The first-order valence-electron chi connectivity index (χ1n) is 7.78. The minimum atomic E-state index is -0.244. The summed E-state index contributed by atoms with van der Waals surface area (Å²) in [4.78, 5) is 15.8.